The number of alkyl halides is 4. The van der Waals surface area contributed by atoms with Gasteiger partial charge in [0.2, 0.25) is 0 Å². The van der Waals surface area contributed by atoms with Crippen LogP contribution in [0.1, 0.15) is 83.1 Å². The molecule has 6 aromatic rings. The number of rotatable bonds is 10. The average Bonchev–Trinajstić information content (AvgIpc) is 3.85. The van der Waals surface area contributed by atoms with E-state index in [4.69, 9.17) is 60.2 Å². The number of aromatic carboxylic acids is 1. The molecule has 0 unspecified atom stereocenters. The van der Waals surface area contributed by atoms with Gasteiger partial charge >= 0.3 is 12.1 Å². The molecule has 0 saturated carbocycles. The van der Waals surface area contributed by atoms with Gasteiger partial charge < -0.3 is 18.9 Å². The van der Waals surface area contributed by atoms with Gasteiger partial charge in [-0.3, -0.25) is 0 Å². The molecule has 8 nitrogen and oxygen atoms in total. The maximum absolute atomic E-state index is 13.3. The summed E-state index contributed by atoms with van der Waals surface area (Å²) in [6.45, 7) is 9.73. The Morgan fingerprint density at radius 2 is 1.35 bits per heavy atom. The topological polar surface area (TPSA) is 111 Å². The molecule has 3 aromatic carbocycles. The van der Waals surface area contributed by atoms with Crippen molar-refractivity contribution < 1.29 is 36.9 Å². The van der Waals surface area contributed by atoms with Gasteiger partial charge in [-0.1, -0.05) is 112 Å². The molecule has 0 aliphatic heterocycles. The third kappa shape index (κ3) is 9.35. The lowest BCUT2D eigenvalue weighted by molar-refractivity contribution is -0.141. The number of hydrogen-bond acceptors (Lipinski definition) is 8. The Morgan fingerprint density at radius 3 is 1.76 bits per heavy atom. The number of carboxylic acid groups (broad SMARTS) is 1. The summed E-state index contributed by atoms with van der Waals surface area (Å²) in [7, 11) is 0. The molecule has 0 radical (unpaired) electrons. The molecule has 1 N–H and O–H groups in total. The quantitative estimate of drug-likeness (QED) is 0.135. The molecule has 0 amide bonds. The summed E-state index contributed by atoms with van der Waals surface area (Å²) >= 11 is 29.1. The molecule has 17 heteroatoms. The first-order valence-electron chi connectivity index (χ1n) is 16.4. The molecule has 0 spiro atoms. The Labute approximate surface area is 346 Å². The van der Waals surface area contributed by atoms with E-state index in [1.165, 1.54) is 6.07 Å². The lowest BCUT2D eigenvalue weighted by atomic mass is 10.0. The molecule has 6 rings (SSSR count). The van der Waals surface area contributed by atoms with Crippen molar-refractivity contribution in [3.63, 3.8) is 0 Å². The highest BCUT2D eigenvalue weighted by molar-refractivity contribution is 9.08. The lowest BCUT2D eigenvalue weighted by Crippen LogP contribution is -2.11. The minimum Gasteiger partial charge on any atom is -0.489 e. The van der Waals surface area contributed by atoms with Crippen LogP contribution in [-0.2, 0) is 18.1 Å². The molecule has 0 aliphatic carbocycles. The number of halogens is 8. The van der Waals surface area contributed by atoms with E-state index in [0.717, 1.165) is 16.9 Å². The van der Waals surface area contributed by atoms with Crippen molar-refractivity contribution in [3.8, 4) is 38.8 Å². The maximum atomic E-state index is 13.3. The molecule has 290 valence electrons. The van der Waals surface area contributed by atoms with Gasteiger partial charge in [0.1, 0.15) is 45.1 Å². The molecule has 3 aromatic heterocycles. The van der Waals surface area contributed by atoms with Gasteiger partial charge in [0, 0.05) is 39.4 Å². The summed E-state index contributed by atoms with van der Waals surface area (Å²) in [5, 5.41) is 20.1. The number of carboxylic acids is 1. The minimum atomic E-state index is -4.88. The van der Waals surface area contributed by atoms with Crippen LogP contribution in [0.5, 0.6) is 5.75 Å². The lowest BCUT2D eigenvalue weighted by Gasteiger charge is -2.12. The van der Waals surface area contributed by atoms with Crippen molar-refractivity contribution in [2.45, 2.75) is 64.6 Å². The van der Waals surface area contributed by atoms with E-state index < -0.39 is 22.7 Å². The summed E-state index contributed by atoms with van der Waals surface area (Å²) in [5.74, 6) is 0.458. The fourth-order valence-electron chi connectivity index (χ4n) is 5.55. The summed E-state index contributed by atoms with van der Waals surface area (Å²) in [4.78, 5) is 14.0. The van der Waals surface area contributed by atoms with Crippen molar-refractivity contribution in [2.24, 2.45) is 0 Å². The van der Waals surface area contributed by atoms with E-state index in [1.54, 1.807) is 49.4 Å². The molecule has 0 aliphatic rings. The van der Waals surface area contributed by atoms with Gasteiger partial charge in [-0.2, -0.15) is 13.2 Å². The molecule has 0 atom stereocenters. The van der Waals surface area contributed by atoms with Crippen LogP contribution in [0.15, 0.2) is 63.6 Å². The van der Waals surface area contributed by atoms with Crippen LogP contribution in [0.2, 0.25) is 20.1 Å². The van der Waals surface area contributed by atoms with Crippen LogP contribution in [0.25, 0.3) is 33.1 Å². The van der Waals surface area contributed by atoms with E-state index in [-0.39, 0.29) is 23.5 Å². The smallest absolute Gasteiger partial charge is 0.435 e. The summed E-state index contributed by atoms with van der Waals surface area (Å²) < 4.78 is 56.8. The Balaban J connectivity index is 0.000000269. The van der Waals surface area contributed by atoms with Gasteiger partial charge in [-0.25, -0.2) is 9.78 Å². The molecule has 0 bridgehead atoms. The van der Waals surface area contributed by atoms with E-state index in [1.807, 2.05) is 19.9 Å². The first-order chi connectivity index (χ1) is 25.9. The summed E-state index contributed by atoms with van der Waals surface area (Å²) in [5.41, 5.74) is 3.58. The van der Waals surface area contributed by atoms with E-state index in [9.17, 15) is 23.1 Å². The highest BCUT2D eigenvalue weighted by Gasteiger charge is 2.40. The third-order valence-electron chi connectivity index (χ3n) is 8.12. The second-order valence-corrected chi connectivity index (χ2v) is 15.8. The maximum Gasteiger partial charge on any atom is 0.435 e. The van der Waals surface area contributed by atoms with Crippen LogP contribution < -0.4 is 4.74 Å². The van der Waals surface area contributed by atoms with Crippen molar-refractivity contribution >= 4 is 79.6 Å². The second kappa shape index (κ2) is 17.7. The first kappa shape index (κ1) is 42.6. The normalized spacial score (nSPS) is 11.6. The zero-order valence-corrected chi connectivity index (χ0v) is 35.0. The largest absolute Gasteiger partial charge is 0.489 e. The van der Waals surface area contributed by atoms with Gasteiger partial charge in [0.25, 0.3) is 0 Å². The SMILES string of the molecule is CC(C)c1onc(-c2c(Cl)cccc2Cl)c1CBr.Cc1cc(OCc2c(-c3c(Cl)cccc3Cl)noc2C(C)C)ccc1-c1nc(C(F)(F)F)c(C(=O)O)s1. The van der Waals surface area contributed by atoms with Gasteiger partial charge in [-0.15, -0.1) is 11.3 Å². The Kier molecular flexibility index (Phi) is 13.7. The number of hydrogen-bond donors (Lipinski definition) is 1. The fraction of sp³-hybridized carbons (Fsp3) is 0.263. The third-order valence-corrected chi connectivity index (χ3v) is 11.0. The van der Waals surface area contributed by atoms with Crippen LogP contribution in [0.4, 0.5) is 13.2 Å². The molecule has 0 saturated heterocycles. The van der Waals surface area contributed by atoms with Crippen molar-refractivity contribution in [1.82, 2.24) is 15.3 Å². The molecular formula is C38H31BrCl4F3N3O5S. The van der Waals surface area contributed by atoms with Crippen LogP contribution in [-0.4, -0.2) is 26.4 Å². The molecule has 3 heterocycles. The van der Waals surface area contributed by atoms with E-state index in [0.29, 0.717) is 81.9 Å². The zero-order valence-electron chi connectivity index (χ0n) is 29.6. The second-order valence-electron chi connectivity index (χ2n) is 12.6. The standard InChI is InChI=1S/C25H19Cl2F3N2O4S.C13H12BrCl2NO/c1-11(2)20-15(19(32-36-20)18-16(26)5-4-6-17(18)27)10-35-13-7-8-14(12(3)9-13)23-31-22(25(28,29)30)21(37-23)24(33)34;1-7(2)13-8(6-14)12(17-18-13)11-9(15)4-3-5-10(11)16/h4-9,11H,10H2,1-3H3,(H,33,34);3-5,7H,6H2,1-2H3. The number of aromatic nitrogens is 3. The number of thiazole rings is 1. The van der Waals surface area contributed by atoms with Crippen LogP contribution in [0.3, 0.4) is 0 Å². The summed E-state index contributed by atoms with van der Waals surface area (Å²) in [6, 6.07) is 15.3. The average molecular weight is 920 g/mol. The molecule has 55 heavy (non-hydrogen) atoms. The van der Waals surface area contributed by atoms with Gasteiger partial charge in [-0.05, 0) is 55.0 Å². The zero-order chi connectivity index (χ0) is 40.4. The van der Waals surface area contributed by atoms with Crippen molar-refractivity contribution in [1.29, 1.82) is 0 Å². The van der Waals surface area contributed by atoms with Crippen LogP contribution in [0, 0.1) is 6.92 Å². The fourth-order valence-corrected chi connectivity index (χ4v) is 8.26. The number of benzene rings is 3. The van der Waals surface area contributed by atoms with Gasteiger partial charge in [0.15, 0.2) is 5.69 Å². The van der Waals surface area contributed by atoms with Crippen LogP contribution >= 0.6 is 73.7 Å². The monoisotopic (exact) mass is 917 g/mol. The number of nitrogens with zero attached hydrogens (tertiary/aromatic N) is 3. The first-order valence-corrected chi connectivity index (χ1v) is 19.9. The summed E-state index contributed by atoms with van der Waals surface area (Å²) in [6.07, 6.45) is -4.88. The van der Waals surface area contributed by atoms with Gasteiger partial charge in [0.05, 0.1) is 25.7 Å². The predicted octanol–water partition coefficient (Wildman–Crippen LogP) is 14.2. The molecular weight excluding hydrogens is 889 g/mol. The minimum absolute atomic E-state index is 0.0126. The highest BCUT2D eigenvalue weighted by Crippen LogP contribution is 2.42. The number of aryl methyl sites for hydroxylation is 1. The Hall–Kier alpha value is -3.59. The molecule has 0 fully saturated rings. The predicted molar refractivity (Wildman–Crippen MR) is 213 cm³/mol. The Bertz CT molecular complexity index is 2300. The van der Waals surface area contributed by atoms with Crippen molar-refractivity contribution in [3.05, 3.63) is 113 Å². The van der Waals surface area contributed by atoms with Crippen molar-refractivity contribution in [2.75, 3.05) is 0 Å². The number of ether oxygens (including phenoxy) is 1. The van der Waals surface area contributed by atoms with E-state index >= 15 is 0 Å². The highest BCUT2D eigenvalue weighted by atomic mass is 79.9. The van der Waals surface area contributed by atoms with E-state index in [2.05, 4.69) is 45.1 Å². The number of carbonyl (C=O) groups is 1. The Morgan fingerprint density at radius 1 is 0.855 bits per heavy atom.